The molecule has 0 bridgehead atoms. The fourth-order valence-corrected chi connectivity index (χ4v) is 5.97. The van der Waals surface area contributed by atoms with Crippen molar-refractivity contribution in [2.45, 2.75) is 18.9 Å². The quantitative estimate of drug-likeness (QED) is 0.295. The summed E-state index contributed by atoms with van der Waals surface area (Å²) in [4.78, 5) is 29.7. The standard InChI is InChI=1S/C27H21N3O6S/c1-34-20-11-8-16(13-21(20)35-2)25-19-10-7-15-5-3-4-6-18(15)24(19)28-27-29(25)26(31)22(37-27)14-17-9-12-23(36-17)30(32)33/h3-6,8-9,11-14,25H,7,10H2,1-2H3/b22-14+/t25-/m1/s1. The Bertz CT molecular complexity index is 1780. The summed E-state index contributed by atoms with van der Waals surface area (Å²) in [5.41, 5.74) is 4.85. The Balaban J connectivity index is 1.60. The molecule has 1 aliphatic carbocycles. The Morgan fingerprint density at radius 3 is 2.68 bits per heavy atom. The minimum absolute atomic E-state index is 0.230. The van der Waals surface area contributed by atoms with E-state index in [-0.39, 0.29) is 17.2 Å². The largest absolute Gasteiger partial charge is 0.493 e. The summed E-state index contributed by atoms with van der Waals surface area (Å²) in [6.07, 6.45) is 3.12. The molecule has 4 aromatic rings. The fraction of sp³-hybridized carbons (Fsp3) is 0.185. The summed E-state index contributed by atoms with van der Waals surface area (Å²) in [6, 6.07) is 16.2. The molecule has 0 unspecified atom stereocenters. The number of rotatable bonds is 5. The lowest BCUT2D eigenvalue weighted by molar-refractivity contribution is -0.402. The number of aromatic nitrogens is 1. The molecule has 2 aliphatic rings. The topological polar surface area (TPSA) is 109 Å². The molecule has 0 saturated heterocycles. The second-order valence-corrected chi connectivity index (χ2v) is 9.67. The highest BCUT2D eigenvalue weighted by Crippen LogP contribution is 2.42. The van der Waals surface area contributed by atoms with E-state index >= 15 is 0 Å². The maximum atomic E-state index is 13.8. The number of fused-ring (bicyclic) bond motifs is 3. The van der Waals surface area contributed by atoms with Crippen LogP contribution in [0.5, 0.6) is 11.5 Å². The first-order valence-electron chi connectivity index (χ1n) is 11.6. The smallest absolute Gasteiger partial charge is 0.433 e. The monoisotopic (exact) mass is 515 g/mol. The van der Waals surface area contributed by atoms with Crippen molar-refractivity contribution < 1.29 is 18.8 Å². The van der Waals surface area contributed by atoms with Crippen molar-refractivity contribution in [3.05, 3.63) is 112 Å². The van der Waals surface area contributed by atoms with Gasteiger partial charge in [0.1, 0.15) is 10.7 Å². The first-order chi connectivity index (χ1) is 18.0. The highest BCUT2D eigenvalue weighted by molar-refractivity contribution is 7.07. The van der Waals surface area contributed by atoms with Crippen molar-refractivity contribution in [1.82, 2.24) is 4.57 Å². The predicted octanol–water partition coefficient (Wildman–Crippen LogP) is 3.84. The van der Waals surface area contributed by atoms with Crippen LogP contribution in [0.3, 0.4) is 0 Å². The molecule has 2 aromatic carbocycles. The Morgan fingerprint density at radius 2 is 1.92 bits per heavy atom. The fourth-order valence-electron chi connectivity index (χ4n) is 4.99. The molecule has 1 atom stereocenters. The zero-order chi connectivity index (χ0) is 25.7. The van der Waals surface area contributed by atoms with Gasteiger partial charge in [-0.05, 0) is 47.7 Å². The number of methoxy groups -OCH3 is 2. The van der Waals surface area contributed by atoms with E-state index in [4.69, 9.17) is 18.9 Å². The lowest BCUT2D eigenvalue weighted by atomic mass is 9.83. The number of ether oxygens (including phenoxy) is 2. The van der Waals surface area contributed by atoms with Gasteiger partial charge in [-0.2, -0.15) is 0 Å². The van der Waals surface area contributed by atoms with Crippen molar-refractivity contribution in [2.75, 3.05) is 14.2 Å². The molecule has 186 valence electrons. The normalized spacial score (nSPS) is 16.5. The van der Waals surface area contributed by atoms with Crippen LogP contribution in [0.1, 0.15) is 34.9 Å². The van der Waals surface area contributed by atoms with Crippen molar-refractivity contribution in [2.24, 2.45) is 4.99 Å². The van der Waals surface area contributed by atoms with E-state index in [0.29, 0.717) is 20.8 Å². The minimum Gasteiger partial charge on any atom is -0.493 e. The zero-order valence-electron chi connectivity index (χ0n) is 20.0. The lowest BCUT2D eigenvalue weighted by Crippen LogP contribution is -2.38. The van der Waals surface area contributed by atoms with E-state index in [1.165, 1.54) is 35.1 Å². The van der Waals surface area contributed by atoms with Gasteiger partial charge in [0, 0.05) is 11.6 Å². The molecule has 1 aliphatic heterocycles. The summed E-state index contributed by atoms with van der Waals surface area (Å²) in [6.45, 7) is 0. The van der Waals surface area contributed by atoms with Crippen molar-refractivity contribution in [1.29, 1.82) is 0 Å². The van der Waals surface area contributed by atoms with Gasteiger partial charge in [-0.15, -0.1) is 0 Å². The highest BCUT2D eigenvalue weighted by Gasteiger charge is 2.33. The van der Waals surface area contributed by atoms with Gasteiger partial charge in [-0.3, -0.25) is 19.5 Å². The van der Waals surface area contributed by atoms with E-state index in [1.54, 1.807) is 18.8 Å². The molecule has 0 radical (unpaired) electrons. The van der Waals surface area contributed by atoms with Gasteiger partial charge in [0.25, 0.3) is 5.56 Å². The van der Waals surface area contributed by atoms with Crippen LogP contribution in [-0.2, 0) is 6.42 Å². The molecule has 6 rings (SSSR count). The second-order valence-electron chi connectivity index (χ2n) is 8.66. The second kappa shape index (κ2) is 8.90. The maximum Gasteiger partial charge on any atom is 0.433 e. The van der Waals surface area contributed by atoms with Crippen LogP contribution >= 0.6 is 11.3 Å². The Labute approximate surface area is 214 Å². The summed E-state index contributed by atoms with van der Waals surface area (Å²) in [7, 11) is 3.16. The van der Waals surface area contributed by atoms with Gasteiger partial charge in [-0.1, -0.05) is 41.7 Å². The summed E-state index contributed by atoms with van der Waals surface area (Å²) in [5, 5.41) is 11.0. The van der Waals surface area contributed by atoms with E-state index in [1.807, 2.05) is 30.3 Å². The van der Waals surface area contributed by atoms with Gasteiger partial charge in [-0.25, -0.2) is 4.99 Å². The molecular weight excluding hydrogens is 494 g/mol. The van der Waals surface area contributed by atoms with E-state index < -0.39 is 11.0 Å². The SMILES string of the molecule is COc1ccc([C@@H]2C3=C(N=c4s/c(=C/c5ccc([N+](=O)[O-])o5)c(=O)n42)c2ccccc2CC3)cc1OC. The van der Waals surface area contributed by atoms with Gasteiger partial charge in [0.2, 0.25) is 0 Å². The predicted molar refractivity (Wildman–Crippen MR) is 138 cm³/mol. The number of nitro groups is 1. The van der Waals surface area contributed by atoms with Crippen LogP contribution in [0.2, 0.25) is 0 Å². The third-order valence-electron chi connectivity index (χ3n) is 6.66. The number of hydrogen-bond acceptors (Lipinski definition) is 8. The van der Waals surface area contributed by atoms with Crippen LogP contribution in [0.4, 0.5) is 5.88 Å². The molecule has 9 nitrogen and oxygen atoms in total. The Kier molecular flexibility index (Phi) is 5.53. The zero-order valence-corrected chi connectivity index (χ0v) is 20.8. The number of benzene rings is 2. The first kappa shape index (κ1) is 23.0. The number of thiazole rings is 1. The summed E-state index contributed by atoms with van der Waals surface area (Å²) >= 11 is 1.23. The third-order valence-corrected chi connectivity index (χ3v) is 7.65. The highest BCUT2D eigenvalue weighted by atomic mass is 32.1. The minimum atomic E-state index is -0.610. The van der Waals surface area contributed by atoms with E-state index in [0.717, 1.165) is 35.2 Å². The van der Waals surface area contributed by atoms with Gasteiger partial charge < -0.3 is 13.9 Å². The van der Waals surface area contributed by atoms with E-state index in [9.17, 15) is 14.9 Å². The van der Waals surface area contributed by atoms with Crippen molar-refractivity contribution in [3.8, 4) is 11.5 Å². The molecular formula is C27H21N3O6S. The van der Waals surface area contributed by atoms with Crippen molar-refractivity contribution >= 4 is 29.0 Å². The molecule has 0 saturated carbocycles. The maximum absolute atomic E-state index is 13.8. The van der Waals surface area contributed by atoms with Gasteiger partial charge in [0.15, 0.2) is 16.3 Å². The van der Waals surface area contributed by atoms with Crippen LogP contribution in [0.15, 0.2) is 74.4 Å². The number of allylic oxidation sites excluding steroid dienone is 1. The molecule has 0 fully saturated rings. The number of furan rings is 1. The number of hydrogen-bond donors (Lipinski definition) is 0. The van der Waals surface area contributed by atoms with Crippen LogP contribution in [0, 0.1) is 10.1 Å². The Hall–Kier alpha value is -4.44. The van der Waals surface area contributed by atoms with Crippen molar-refractivity contribution in [3.63, 3.8) is 0 Å². The van der Waals surface area contributed by atoms with Crippen LogP contribution < -0.4 is 24.4 Å². The molecule has 3 heterocycles. The third kappa shape index (κ3) is 3.77. The van der Waals surface area contributed by atoms with Gasteiger partial charge in [0.05, 0.1) is 36.6 Å². The Morgan fingerprint density at radius 1 is 1.11 bits per heavy atom. The van der Waals surface area contributed by atoms with Crippen LogP contribution in [0.25, 0.3) is 11.8 Å². The first-order valence-corrected chi connectivity index (χ1v) is 12.4. The molecule has 0 N–H and O–H groups in total. The van der Waals surface area contributed by atoms with Gasteiger partial charge >= 0.3 is 5.88 Å². The number of aryl methyl sites for hydroxylation is 1. The number of nitrogens with zero attached hydrogens (tertiary/aromatic N) is 3. The summed E-state index contributed by atoms with van der Waals surface area (Å²) < 4.78 is 18.3. The summed E-state index contributed by atoms with van der Waals surface area (Å²) in [5.74, 6) is 1.02. The van der Waals surface area contributed by atoms with E-state index in [2.05, 4.69) is 12.1 Å². The molecule has 2 aromatic heterocycles. The lowest BCUT2D eigenvalue weighted by Gasteiger charge is -2.31. The molecule has 0 spiro atoms. The molecule has 0 amide bonds. The molecule has 10 heteroatoms. The average Bonchev–Trinajstić information content (AvgIpc) is 3.51. The molecule has 37 heavy (non-hydrogen) atoms. The average molecular weight is 516 g/mol. The van der Waals surface area contributed by atoms with Crippen LogP contribution in [-0.4, -0.2) is 23.7 Å².